The molecule has 0 bridgehead atoms. The highest BCUT2D eigenvalue weighted by atomic mass is 16.6. The van der Waals surface area contributed by atoms with E-state index in [-0.39, 0.29) is 5.75 Å². The molecule has 0 radical (unpaired) electrons. The third-order valence-corrected chi connectivity index (χ3v) is 4.05. The number of aryl methyl sites for hydroxylation is 2. The van der Waals surface area contributed by atoms with E-state index in [1.165, 1.54) is 6.20 Å². The summed E-state index contributed by atoms with van der Waals surface area (Å²) in [4.78, 5) is 29.2. The summed E-state index contributed by atoms with van der Waals surface area (Å²) < 4.78 is 6.97. The molecule has 0 aliphatic heterocycles. The number of nitrogens with zero attached hydrogens (tertiary/aromatic N) is 5. The SMILES string of the molecule is Cc1nc(-c2ccccn2)ncc1OC(=O)Nn1cc(C)c2cnccc21. The molecule has 4 heterocycles. The molecule has 27 heavy (non-hydrogen) atoms. The van der Waals surface area contributed by atoms with Gasteiger partial charge in [0.25, 0.3) is 0 Å². The van der Waals surface area contributed by atoms with Crippen LogP contribution in [0, 0.1) is 13.8 Å². The first kappa shape index (κ1) is 16.6. The Morgan fingerprint density at radius 2 is 2.00 bits per heavy atom. The first-order valence-electron chi connectivity index (χ1n) is 8.27. The largest absolute Gasteiger partial charge is 0.432 e. The van der Waals surface area contributed by atoms with Crippen LogP contribution in [0.2, 0.25) is 0 Å². The second-order valence-electron chi connectivity index (χ2n) is 5.93. The molecule has 0 aliphatic rings. The van der Waals surface area contributed by atoms with E-state index in [4.69, 9.17) is 4.74 Å². The van der Waals surface area contributed by atoms with Crippen LogP contribution in [0.3, 0.4) is 0 Å². The van der Waals surface area contributed by atoms with Crippen molar-refractivity contribution in [3.63, 3.8) is 0 Å². The Hall–Kier alpha value is -3.81. The van der Waals surface area contributed by atoms with Crippen LogP contribution in [0.1, 0.15) is 11.3 Å². The number of rotatable bonds is 3. The Balaban J connectivity index is 1.53. The van der Waals surface area contributed by atoms with Crippen molar-refractivity contribution in [1.29, 1.82) is 0 Å². The predicted molar refractivity (Wildman–Crippen MR) is 99.9 cm³/mol. The van der Waals surface area contributed by atoms with E-state index in [0.717, 1.165) is 16.5 Å². The quantitative estimate of drug-likeness (QED) is 0.603. The molecule has 4 aromatic rings. The van der Waals surface area contributed by atoms with Gasteiger partial charge in [0.1, 0.15) is 5.69 Å². The highest BCUT2D eigenvalue weighted by molar-refractivity contribution is 5.86. The molecule has 0 aliphatic carbocycles. The number of carbonyl (C=O) groups excluding carboxylic acids is 1. The zero-order chi connectivity index (χ0) is 18.8. The first-order chi connectivity index (χ1) is 13.1. The zero-order valence-corrected chi connectivity index (χ0v) is 14.7. The number of nitrogens with one attached hydrogen (secondary N) is 1. The van der Waals surface area contributed by atoms with Crippen molar-refractivity contribution in [3.8, 4) is 17.3 Å². The number of fused-ring (bicyclic) bond motifs is 1. The van der Waals surface area contributed by atoms with Gasteiger partial charge in [0.2, 0.25) is 0 Å². The molecule has 4 rings (SSSR count). The Morgan fingerprint density at radius 3 is 2.78 bits per heavy atom. The van der Waals surface area contributed by atoms with Crippen LogP contribution in [0.5, 0.6) is 5.75 Å². The second kappa shape index (κ2) is 6.83. The molecule has 0 atom stereocenters. The van der Waals surface area contributed by atoms with E-state index in [1.54, 1.807) is 36.4 Å². The van der Waals surface area contributed by atoms with Crippen molar-refractivity contribution in [2.24, 2.45) is 0 Å². The molecule has 8 nitrogen and oxygen atoms in total. The van der Waals surface area contributed by atoms with Gasteiger partial charge in [-0.05, 0) is 37.6 Å². The van der Waals surface area contributed by atoms with Gasteiger partial charge in [-0.3, -0.25) is 14.6 Å². The van der Waals surface area contributed by atoms with E-state index < -0.39 is 6.09 Å². The Morgan fingerprint density at radius 1 is 1.11 bits per heavy atom. The van der Waals surface area contributed by atoms with Crippen LogP contribution < -0.4 is 10.2 Å². The number of hydrogen-bond acceptors (Lipinski definition) is 6. The molecule has 0 fully saturated rings. The lowest BCUT2D eigenvalue weighted by molar-refractivity contribution is 0.211. The Kier molecular flexibility index (Phi) is 4.21. The van der Waals surface area contributed by atoms with Crippen LogP contribution in [-0.2, 0) is 0 Å². The molecular formula is C19H16N6O2. The van der Waals surface area contributed by atoms with Crippen molar-refractivity contribution in [1.82, 2.24) is 24.6 Å². The maximum absolute atomic E-state index is 12.3. The van der Waals surface area contributed by atoms with Crippen molar-refractivity contribution in [2.75, 3.05) is 5.43 Å². The minimum absolute atomic E-state index is 0.280. The van der Waals surface area contributed by atoms with Gasteiger partial charge in [-0.2, -0.15) is 0 Å². The van der Waals surface area contributed by atoms with Gasteiger partial charge in [0, 0.05) is 30.2 Å². The summed E-state index contributed by atoms with van der Waals surface area (Å²) in [7, 11) is 0. The zero-order valence-electron chi connectivity index (χ0n) is 14.7. The van der Waals surface area contributed by atoms with Crippen LogP contribution in [0.4, 0.5) is 4.79 Å². The van der Waals surface area contributed by atoms with Crippen LogP contribution >= 0.6 is 0 Å². The summed E-state index contributed by atoms with van der Waals surface area (Å²) in [6.07, 6.45) is 7.73. The smallest absolute Gasteiger partial charge is 0.406 e. The molecule has 0 saturated carbocycles. The van der Waals surface area contributed by atoms with Crippen LogP contribution in [0.15, 0.2) is 55.2 Å². The molecule has 0 unspecified atom stereocenters. The highest BCUT2D eigenvalue weighted by Crippen LogP contribution is 2.20. The summed E-state index contributed by atoms with van der Waals surface area (Å²) in [5, 5.41) is 0.956. The van der Waals surface area contributed by atoms with Crippen LogP contribution in [-0.4, -0.2) is 30.7 Å². The summed E-state index contributed by atoms with van der Waals surface area (Å²) in [6.45, 7) is 3.69. The van der Waals surface area contributed by atoms with Gasteiger partial charge in [-0.1, -0.05) is 6.07 Å². The number of ether oxygens (including phenoxy) is 1. The third kappa shape index (κ3) is 3.32. The van der Waals surface area contributed by atoms with E-state index in [1.807, 2.05) is 31.2 Å². The third-order valence-electron chi connectivity index (χ3n) is 4.05. The van der Waals surface area contributed by atoms with Crippen molar-refractivity contribution >= 4 is 17.0 Å². The summed E-state index contributed by atoms with van der Waals surface area (Å²) in [6, 6.07) is 7.31. The van der Waals surface area contributed by atoms with Crippen LogP contribution in [0.25, 0.3) is 22.4 Å². The van der Waals surface area contributed by atoms with Gasteiger partial charge in [-0.25, -0.2) is 20.2 Å². The molecular weight excluding hydrogens is 344 g/mol. The van der Waals surface area contributed by atoms with E-state index in [2.05, 4.69) is 25.4 Å². The molecule has 0 spiro atoms. The number of pyridine rings is 2. The maximum Gasteiger partial charge on any atom is 0.432 e. The van der Waals surface area contributed by atoms with Crippen molar-refractivity contribution in [2.45, 2.75) is 13.8 Å². The minimum Gasteiger partial charge on any atom is -0.406 e. The minimum atomic E-state index is -0.638. The second-order valence-corrected chi connectivity index (χ2v) is 5.93. The molecule has 1 amide bonds. The van der Waals surface area contributed by atoms with Gasteiger partial charge >= 0.3 is 6.09 Å². The molecule has 134 valence electrons. The number of amides is 1. The topological polar surface area (TPSA) is 94.8 Å². The van der Waals surface area contributed by atoms with Gasteiger partial charge in [0.15, 0.2) is 11.6 Å². The lowest BCUT2D eigenvalue weighted by atomic mass is 10.2. The Bertz CT molecular complexity index is 1120. The monoisotopic (exact) mass is 360 g/mol. The molecule has 4 aromatic heterocycles. The fourth-order valence-corrected chi connectivity index (χ4v) is 2.72. The maximum atomic E-state index is 12.3. The van der Waals surface area contributed by atoms with E-state index in [9.17, 15) is 4.79 Å². The molecule has 1 N–H and O–H groups in total. The fraction of sp³-hybridized carbons (Fsp3) is 0.105. The number of aromatic nitrogens is 5. The van der Waals surface area contributed by atoms with Gasteiger partial charge in [0.05, 0.1) is 17.4 Å². The molecule has 8 heteroatoms. The standard InChI is InChI=1S/C19H16N6O2/c1-12-11-25(16-6-8-20-9-14(12)16)24-19(26)27-17-10-22-18(23-13(17)2)15-5-3-4-7-21-15/h3-11H,1-2H3,(H,24,26). The van der Waals surface area contributed by atoms with E-state index in [0.29, 0.717) is 17.2 Å². The number of hydrogen-bond donors (Lipinski definition) is 1. The average Bonchev–Trinajstić information content (AvgIpc) is 3.00. The molecule has 0 aromatic carbocycles. The normalized spacial score (nSPS) is 10.7. The number of carbonyl (C=O) groups is 1. The Labute approximate surface area is 154 Å². The van der Waals surface area contributed by atoms with E-state index >= 15 is 0 Å². The lowest BCUT2D eigenvalue weighted by Crippen LogP contribution is -2.25. The summed E-state index contributed by atoms with van der Waals surface area (Å²) in [5.41, 5.74) is 5.71. The lowest BCUT2D eigenvalue weighted by Gasteiger charge is -2.10. The van der Waals surface area contributed by atoms with Gasteiger partial charge < -0.3 is 4.74 Å². The van der Waals surface area contributed by atoms with Crippen molar-refractivity contribution in [3.05, 3.63) is 66.5 Å². The summed E-state index contributed by atoms with van der Waals surface area (Å²) >= 11 is 0. The molecule has 0 saturated heterocycles. The highest BCUT2D eigenvalue weighted by Gasteiger charge is 2.13. The van der Waals surface area contributed by atoms with Gasteiger partial charge in [-0.15, -0.1) is 0 Å². The summed E-state index contributed by atoms with van der Waals surface area (Å²) in [5.74, 6) is 0.752. The first-order valence-corrected chi connectivity index (χ1v) is 8.27. The predicted octanol–water partition coefficient (Wildman–Crippen LogP) is 3.25. The van der Waals surface area contributed by atoms with Crippen molar-refractivity contribution < 1.29 is 9.53 Å². The average molecular weight is 360 g/mol. The fourth-order valence-electron chi connectivity index (χ4n) is 2.72.